The maximum atomic E-state index is 10.2. The molecule has 0 bridgehead atoms. The molecule has 72 valence electrons. The molecule has 3 heteroatoms. The van der Waals surface area contributed by atoms with Gasteiger partial charge in [-0.25, -0.2) is 0 Å². The number of hydrogen-bond acceptors (Lipinski definition) is 3. The third-order valence-corrected chi connectivity index (χ3v) is 1.47. The maximum absolute atomic E-state index is 10.2. The molecule has 1 aromatic rings. The van der Waals surface area contributed by atoms with Crippen molar-refractivity contribution in [2.45, 2.75) is 20.8 Å². The van der Waals surface area contributed by atoms with E-state index in [1.54, 1.807) is 6.92 Å². The third-order valence-electron chi connectivity index (χ3n) is 1.47. The highest BCUT2D eigenvalue weighted by Crippen LogP contribution is 2.24. The molecule has 0 unspecified atom stereocenters. The first-order chi connectivity index (χ1) is 6.15. The van der Waals surface area contributed by atoms with E-state index >= 15 is 0 Å². The van der Waals surface area contributed by atoms with Crippen LogP contribution in [0.1, 0.15) is 29.8 Å². The molecule has 13 heavy (non-hydrogen) atoms. The number of aromatic hydroxyl groups is 2. The molecule has 0 fully saturated rings. The molecule has 0 aliphatic heterocycles. The number of carbonyl (C=O) groups excluding carboxylic acids is 1. The summed E-state index contributed by atoms with van der Waals surface area (Å²) in [6.45, 7) is 5.65. The predicted octanol–water partition coefficient (Wildman–Crippen LogP) is 2.24. The zero-order valence-electron chi connectivity index (χ0n) is 8.03. The number of benzene rings is 1. The molecule has 0 radical (unpaired) electrons. The third kappa shape index (κ3) is 2.78. The van der Waals surface area contributed by atoms with Crippen molar-refractivity contribution in [2.75, 3.05) is 0 Å². The Morgan fingerprint density at radius 2 is 1.69 bits per heavy atom. The topological polar surface area (TPSA) is 57.5 Å². The number of phenolic OH excluding ortho intramolecular Hbond substituents is 2. The molecule has 0 heterocycles. The Morgan fingerprint density at radius 1 is 1.15 bits per heavy atom. The minimum atomic E-state index is -0.192. The van der Waals surface area contributed by atoms with Gasteiger partial charge in [-0.1, -0.05) is 13.8 Å². The summed E-state index contributed by atoms with van der Waals surface area (Å²) in [4.78, 5) is 10.2. The van der Waals surface area contributed by atoms with Crippen molar-refractivity contribution in [2.24, 2.45) is 0 Å². The molecule has 2 N–H and O–H groups in total. The summed E-state index contributed by atoms with van der Waals surface area (Å²) < 4.78 is 0. The zero-order chi connectivity index (χ0) is 10.4. The van der Waals surface area contributed by atoms with E-state index in [0.29, 0.717) is 11.8 Å². The van der Waals surface area contributed by atoms with Crippen molar-refractivity contribution in [1.29, 1.82) is 0 Å². The Balaban J connectivity index is 0.000000671. The Bertz CT molecular complexity index is 292. The van der Waals surface area contributed by atoms with Crippen LogP contribution in [0.4, 0.5) is 0 Å². The fraction of sp³-hybridized carbons (Fsp3) is 0.300. The van der Waals surface area contributed by atoms with Gasteiger partial charge in [0.05, 0.1) is 5.56 Å². The Labute approximate surface area is 77.6 Å². The molecule has 0 aliphatic carbocycles. The highest BCUT2D eigenvalue weighted by Gasteiger charge is 2.03. The van der Waals surface area contributed by atoms with E-state index in [2.05, 4.69) is 0 Å². The van der Waals surface area contributed by atoms with Crippen molar-refractivity contribution in [3.05, 3.63) is 23.3 Å². The summed E-state index contributed by atoms with van der Waals surface area (Å²) in [5.74, 6) is -0.198. The van der Waals surface area contributed by atoms with E-state index in [9.17, 15) is 4.79 Å². The van der Waals surface area contributed by atoms with Crippen molar-refractivity contribution in [3.8, 4) is 11.5 Å². The lowest BCUT2D eigenvalue weighted by Crippen LogP contribution is -1.83. The number of carbonyl (C=O) groups is 1. The highest BCUT2D eigenvalue weighted by atomic mass is 16.3. The molecular formula is C10H14O3. The number of hydrogen-bond donors (Lipinski definition) is 2. The number of aldehydes is 1. The van der Waals surface area contributed by atoms with E-state index in [0.717, 1.165) is 6.07 Å². The lowest BCUT2D eigenvalue weighted by atomic mass is 10.1. The Kier molecular flexibility index (Phi) is 4.59. The first kappa shape index (κ1) is 11.5. The standard InChI is InChI=1S/C8H8O3.C2H6/c1-5-2-6(4-9)8(11)3-7(5)10;1-2/h2-4,10-11H,1H3;1-2H3. The van der Waals surface area contributed by atoms with Crippen LogP contribution >= 0.6 is 0 Å². The van der Waals surface area contributed by atoms with Crippen LogP contribution in [0.5, 0.6) is 11.5 Å². The maximum Gasteiger partial charge on any atom is 0.153 e. The van der Waals surface area contributed by atoms with E-state index < -0.39 is 0 Å². The van der Waals surface area contributed by atoms with Crippen molar-refractivity contribution in [1.82, 2.24) is 0 Å². The van der Waals surface area contributed by atoms with Crippen molar-refractivity contribution < 1.29 is 15.0 Å². The van der Waals surface area contributed by atoms with E-state index in [4.69, 9.17) is 10.2 Å². The average molecular weight is 182 g/mol. The second-order valence-electron chi connectivity index (χ2n) is 2.32. The number of phenols is 2. The zero-order valence-corrected chi connectivity index (χ0v) is 8.03. The minimum absolute atomic E-state index is 0.00639. The van der Waals surface area contributed by atoms with Crippen LogP contribution in [-0.2, 0) is 0 Å². The summed E-state index contributed by atoms with van der Waals surface area (Å²) in [7, 11) is 0. The Morgan fingerprint density at radius 3 is 2.15 bits per heavy atom. The molecule has 0 spiro atoms. The fourth-order valence-corrected chi connectivity index (χ4v) is 0.802. The first-order valence-corrected chi connectivity index (χ1v) is 4.13. The second kappa shape index (κ2) is 5.19. The molecule has 0 aliphatic rings. The molecule has 0 amide bonds. The number of aryl methyl sites for hydroxylation is 1. The average Bonchev–Trinajstić information content (AvgIpc) is 2.15. The van der Waals surface area contributed by atoms with Gasteiger partial charge in [-0.2, -0.15) is 0 Å². The molecule has 3 nitrogen and oxygen atoms in total. The predicted molar refractivity (Wildman–Crippen MR) is 51.2 cm³/mol. The quantitative estimate of drug-likeness (QED) is 0.655. The van der Waals surface area contributed by atoms with Gasteiger partial charge in [-0.15, -0.1) is 0 Å². The molecule has 0 aromatic heterocycles. The van der Waals surface area contributed by atoms with Gasteiger partial charge >= 0.3 is 0 Å². The van der Waals surface area contributed by atoms with Gasteiger partial charge in [0, 0.05) is 6.07 Å². The van der Waals surface area contributed by atoms with Crippen molar-refractivity contribution in [3.63, 3.8) is 0 Å². The monoisotopic (exact) mass is 182 g/mol. The van der Waals surface area contributed by atoms with Gasteiger partial charge in [0.15, 0.2) is 6.29 Å². The van der Waals surface area contributed by atoms with Crippen LogP contribution in [0, 0.1) is 6.92 Å². The SMILES string of the molecule is CC.Cc1cc(C=O)c(O)cc1O. The van der Waals surface area contributed by atoms with Crippen LogP contribution in [0.2, 0.25) is 0 Å². The molecule has 0 saturated carbocycles. The summed E-state index contributed by atoms with van der Waals surface area (Å²) in [5.41, 5.74) is 0.769. The van der Waals surface area contributed by atoms with Crippen LogP contribution in [0.25, 0.3) is 0 Å². The molecular weight excluding hydrogens is 168 g/mol. The smallest absolute Gasteiger partial charge is 0.153 e. The number of rotatable bonds is 1. The normalized spacial score (nSPS) is 8.54. The van der Waals surface area contributed by atoms with Gasteiger partial charge in [-0.3, -0.25) is 4.79 Å². The van der Waals surface area contributed by atoms with E-state index in [1.807, 2.05) is 13.8 Å². The molecule has 1 aromatic carbocycles. The van der Waals surface area contributed by atoms with Crippen LogP contribution < -0.4 is 0 Å². The van der Waals surface area contributed by atoms with Gasteiger partial charge in [0.1, 0.15) is 11.5 Å². The fourth-order valence-electron chi connectivity index (χ4n) is 0.802. The second-order valence-corrected chi connectivity index (χ2v) is 2.32. The van der Waals surface area contributed by atoms with Crippen LogP contribution in [-0.4, -0.2) is 16.5 Å². The molecule has 1 rings (SSSR count). The van der Waals surface area contributed by atoms with Gasteiger partial charge in [-0.05, 0) is 18.6 Å². The van der Waals surface area contributed by atoms with E-state index in [-0.39, 0.29) is 17.1 Å². The Hall–Kier alpha value is -1.51. The van der Waals surface area contributed by atoms with Crippen LogP contribution in [0.3, 0.4) is 0 Å². The summed E-state index contributed by atoms with van der Waals surface area (Å²) in [6.07, 6.45) is 0.543. The lowest BCUT2D eigenvalue weighted by Gasteiger charge is -2.00. The highest BCUT2D eigenvalue weighted by molar-refractivity contribution is 5.80. The summed E-state index contributed by atoms with van der Waals surface area (Å²) in [5, 5.41) is 18.1. The van der Waals surface area contributed by atoms with Gasteiger partial charge in [0.2, 0.25) is 0 Å². The van der Waals surface area contributed by atoms with E-state index in [1.165, 1.54) is 6.07 Å². The van der Waals surface area contributed by atoms with Gasteiger partial charge < -0.3 is 10.2 Å². The molecule has 0 saturated heterocycles. The first-order valence-electron chi connectivity index (χ1n) is 4.13. The largest absolute Gasteiger partial charge is 0.508 e. The minimum Gasteiger partial charge on any atom is -0.508 e. The lowest BCUT2D eigenvalue weighted by molar-refractivity contribution is 0.112. The molecule has 0 atom stereocenters. The van der Waals surface area contributed by atoms with Crippen molar-refractivity contribution >= 4 is 6.29 Å². The van der Waals surface area contributed by atoms with Gasteiger partial charge in [0.25, 0.3) is 0 Å². The summed E-state index contributed by atoms with van der Waals surface area (Å²) in [6, 6.07) is 2.58. The summed E-state index contributed by atoms with van der Waals surface area (Å²) >= 11 is 0. The van der Waals surface area contributed by atoms with Crippen LogP contribution in [0.15, 0.2) is 12.1 Å².